The lowest BCUT2D eigenvalue weighted by molar-refractivity contribution is 0.221. The zero-order chi connectivity index (χ0) is 13.8. The van der Waals surface area contributed by atoms with E-state index in [0.29, 0.717) is 17.9 Å². The van der Waals surface area contributed by atoms with Crippen molar-refractivity contribution >= 4 is 28.5 Å². The van der Waals surface area contributed by atoms with Crippen molar-refractivity contribution in [2.24, 2.45) is 0 Å². The molecular weight excluding hydrogens is 359 g/mol. The van der Waals surface area contributed by atoms with Crippen LogP contribution in [0.4, 0.5) is 5.95 Å². The van der Waals surface area contributed by atoms with E-state index in [2.05, 4.69) is 48.0 Å². The predicted octanol–water partition coefficient (Wildman–Crippen LogP) is 1.88. The molecule has 2 aromatic rings. The Bertz CT molecular complexity index is 556. The quantitative estimate of drug-likeness (QED) is 0.806. The Morgan fingerprint density at radius 1 is 1.37 bits per heavy atom. The molecule has 0 atom stereocenters. The van der Waals surface area contributed by atoms with Gasteiger partial charge in [0.1, 0.15) is 0 Å². The van der Waals surface area contributed by atoms with E-state index in [9.17, 15) is 0 Å². The molecule has 7 nitrogen and oxygen atoms in total. The van der Waals surface area contributed by atoms with Crippen LogP contribution in [-0.4, -0.2) is 37.4 Å². The van der Waals surface area contributed by atoms with E-state index < -0.39 is 0 Å². The molecule has 0 fully saturated rings. The molecule has 0 saturated heterocycles. The lowest BCUT2D eigenvalue weighted by atomic mass is 10.5. The van der Waals surface area contributed by atoms with Crippen LogP contribution in [0.1, 0.15) is 20.8 Å². The summed E-state index contributed by atoms with van der Waals surface area (Å²) >= 11 is 2.18. The second-order valence-electron chi connectivity index (χ2n) is 4.04. The minimum absolute atomic E-state index is 0.00230. The van der Waals surface area contributed by atoms with Gasteiger partial charge in [-0.15, -0.1) is 0 Å². The third-order valence-electron chi connectivity index (χ3n) is 2.04. The highest BCUT2D eigenvalue weighted by atomic mass is 127. The van der Waals surface area contributed by atoms with Gasteiger partial charge in [0.25, 0.3) is 5.95 Å². The van der Waals surface area contributed by atoms with Gasteiger partial charge >= 0.3 is 6.01 Å². The minimum atomic E-state index is 0.00230. The van der Waals surface area contributed by atoms with Crippen LogP contribution >= 0.6 is 22.6 Å². The number of nitrogens with one attached hydrogen (secondary N) is 1. The molecule has 0 radical (unpaired) electrons. The fourth-order valence-corrected chi connectivity index (χ4v) is 1.75. The molecule has 0 spiro atoms. The van der Waals surface area contributed by atoms with E-state index in [4.69, 9.17) is 4.74 Å². The molecular formula is C11H15IN6O. The van der Waals surface area contributed by atoms with Gasteiger partial charge in [-0.1, -0.05) is 0 Å². The summed E-state index contributed by atoms with van der Waals surface area (Å²) in [5.74, 6) is 0.915. The first kappa shape index (κ1) is 14.0. The zero-order valence-electron chi connectivity index (χ0n) is 11.0. The summed E-state index contributed by atoms with van der Waals surface area (Å²) in [6.45, 7) is 6.55. The first-order valence-electron chi connectivity index (χ1n) is 5.95. The van der Waals surface area contributed by atoms with Crippen molar-refractivity contribution < 1.29 is 4.74 Å². The maximum absolute atomic E-state index is 5.52. The highest BCUT2D eigenvalue weighted by molar-refractivity contribution is 14.1. The normalized spacial score (nSPS) is 10.8. The number of hydrogen-bond acceptors (Lipinski definition) is 6. The lowest BCUT2D eigenvalue weighted by Gasteiger charge is -2.10. The molecule has 1 N–H and O–H groups in total. The van der Waals surface area contributed by atoms with E-state index in [0.717, 1.165) is 10.1 Å². The van der Waals surface area contributed by atoms with Crippen LogP contribution in [0.5, 0.6) is 6.01 Å². The van der Waals surface area contributed by atoms with Crippen molar-refractivity contribution in [2.75, 3.05) is 11.9 Å². The van der Waals surface area contributed by atoms with Crippen LogP contribution in [0.15, 0.2) is 12.4 Å². The highest BCUT2D eigenvalue weighted by Gasteiger charge is 2.11. The number of anilines is 1. The monoisotopic (exact) mass is 374 g/mol. The first-order chi connectivity index (χ1) is 9.08. The molecule has 0 unspecified atom stereocenters. The molecule has 0 aliphatic heterocycles. The van der Waals surface area contributed by atoms with Gasteiger partial charge in [0, 0.05) is 12.7 Å². The summed E-state index contributed by atoms with van der Waals surface area (Å²) < 4.78 is 8.13. The van der Waals surface area contributed by atoms with Crippen LogP contribution in [0.25, 0.3) is 5.95 Å². The van der Waals surface area contributed by atoms with E-state index in [-0.39, 0.29) is 6.10 Å². The summed E-state index contributed by atoms with van der Waals surface area (Å²) in [7, 11) is 0. The maximum atomic E-state index is 5.52. The molecule has 2 aromatic heterocycles. The van der Waals surface area contributed by atoms with Crippen LogP contribution < -0.4 is 10.1 Å². The third kappa shape index (κ3) is 3.75. The van der Waals surface area contributed by atoms with Gasteiger partial charge in [-0.3, -0.25) is 0 Å². The summed E-state index contributed by atoms with van der Waals surface area (Å²) in [6, 6.07) is 0.293. The molecule has 0 aliphatic carbocycles. The van der Waals surface area contributed by atoms with Crippen molar-refractivity contribution in [3.63, 3.8) is 0 Å². The summed E-state index contributed by atoms with van der Waals surface area (Å²) in [5, 5.41) is 7.23. The van der Waals surface area contributed by atoms with Crippen molar-refractivity contribution in [1.82, 2.24) is 24.7 Å². The van der Waals surface area contributed by atoms with Gasteiger partial charge in [0.05, 0.1) is 15.9 Å². The molecule has 0 aliphatic rings. The minimum Gasteiger partial charge on any atom is -0.461 e. The second kappa shape index (κ2) is 6.13. The van der Waals surface area contributed by atoms with Gasteiger partial charge in [0.15, 0.2) is 0 Å². The van der Waals surface area contributed by atoms with E-state index >= 15 is 0 Å². The number of aromatic nitrogens is 5. The predicted molar refractivity (Wildman–Crippen MR) is 79.6 cm³/mol. The van der Waals surface area contributed by atoms with Crippen LogP contribution in [0.2, 0.25) is 0 Å². The molecule has 19 heavy (non-hydrogen) atoms. The molecule has 8 heteroatoms. The molecule has 2 heterocycles. The van der Waals surface area contributed by atoms with Crippen molar-refractivity contribution in [3.8, 4) is 12.0 Å². The first-order valence-corrected chi connectivity index (χ1v) is 7.03. The fourth-order valence-electron chi connectivity index (χ4n) is 1.36. The van der Waals surface area contributed by atoms with Gasteiger partial charge < -0.3 is 10.1 Å². The summed E-state index contributed by atoms with van der Waals surface area (Å²) in [4.78, 5) is 12.7. The van der Waals surface area contributed by atoms with Crippen LogP contribution in [0.3, 0.4) is 0 Å². The maximum Gasteiger partial charge on any atom is 0.323 e. The van der Waals surface area contributed by atoms with Crippen molar-refractivity contribution in [2.45, 2.75) is 26.9 Å². The Labute approximate surface area is 125 Å². The second-order valence-corrected chi connectivity index (χ2v) is 5.29. The fraction of sp³-hybridized carbons (Fsp3) is 0.455. The van der Waals surface area contributed by atoms with Crippen LogP contribution in [-0.2, 0) is 0 Å². The smallest absolute Gasteiger partial charge is 0.323 e. The largest absolute Gasteiger partial charge is 0.461 e. The van der Waals surface area contributed by atoms with Gasteiger partial charge in [-0.2, -0.15) is 20.1 Å². The average Bonchev–Trinajstić information content (AvgIpc) is 2.75. The Hall–Kier alpha value is -1.45. The number of hydrogen-bond donors (Lipinski definition) is 1. The molecule has 0 bridgehead atoms. The molecule has 0 aromatic carbocycles. The Morgan fingerprint density at radius 3 is 2.74 bits per heavy atom. The summed E-state index contributed by atoms with van der Waals surface area (Å²) in [5.41, 5.74) is 0. The third-order valence-corrected chi connectivity index (χ3v) is 2.59. The van der Waals surface area contributed by atoms with E-state index in [1.54, 1.807) is 10.9 Å². The zero-order valence-corrected chi connectivity index (χ0v) is 13.1. The molecule has 0 saturated carbocycles. The van der Waals surface area contributed by atoms with Crippen molar-refractivity contribution in [3.05, 3.63) is 16.0 Å². The van der Waals surface area contributed by atoms with Gasteiger partial charge in [-0.25, -0.2) is 4.68 Å². The van der Waals surface area contributed by atoms with Crippen molar-refractivity contribution in [1.29, 1.82) is 0 Å². The number of nitrogens with zero attached hydrogens (tertiary/aromatic N) is 5. The molecule has 0 amide bonds. The highest BCUT2D eigenvalue weighted by Crippen LogP contribution is 2.13. The number of ether oxygens (including phenoxy) is 1. The van der Waals surface area contributed by atoms with E-state index in [1.165, 1.54) is 0 Å². The molecule has 102 valence electrons. The van der Waals surface area contributed by atoms with E-state index in [1.807, 2.05) is 27.0 Å². The Morgan fingerprint density at radius 2 is 2.16 bits per heavy atom. The van der Waals surface area contributed by atoms with Gasteiger partial charge in [-0.05, 0) is 43.4 Å². The number of rotatable bonds is 5. The topological polar surface area (TPSA) is 77.8 Å². The summed E-state index contributed by atoms with van der Waals surface area (Å²) in [6.07, 6.45) is 3.58. The average molecular weight is 374 g/mol. The number of halogens is 1. The SMILES string of the molecule is CCNc1nc(OC(C)C)nc(-n2cc(I)cn2)n1. The lowest BCUT2D eigenvalue weighted by Crippen LogP contribution is -2.14. The Kier molecular flexibility index (Phi) is 4.51. The Balaban J connectivity index is 2.38. The van der Waals surface area contributed by atoms with Gasteiger partial charge in [0.2, 0.25) is 5.95 Å². The van der Waals surface area contributed by atoms with Crippen LogP contribution in [0, 0.1) is 3.57 Å². The standard InChI is InChI=1S/C11H15IN6O/c1-4-13-9-15-10(18-6-8(12)5-14-18)17-11(16-9)19-7(2)3/h5-7H,4H2,1-3H3,(H,13,15,16,17). The molecule has 2 rings (SSSR count).